The van der Waals surface area contributed by atoms with Gasteiger partial charge in [0.1, 0.15) is 18.1 Å². The lowest BCUT2D eigenvalue weighted by molar-refractivity contribution is -0.138. The van der Waals surface area contributed by atoms with Crippen LogP contribution in [0.1, 0.15) is 15.3 Å². The lowest BCUT2D eigenvalue weighted by Gasteiger charge is -2.10. The van der Waals surface area contributed by atoms with Crippen LogP contribution in [0.25, 0.3) is 6.08 Å². The van der Waals surface area contributed by atoms with Crippen molar-refractivity contribution in [1.29, 1.82) is 0 Å². The van der Waals surface area contributed by atoms with E-state index in [-0.39, 0.29) is 6.61 Å². The fourth-order valence-electron chi connectivity index (χ4n) is 1.88. The Balaban J connectivity index is 1.97. The number of ether oxygens (including phenoxy) is 3. The van der Waals surface area contributed by atoms with Crippen LogP contribution in [-0.4, -0.2) is 20.2 Å². The highest BCUT2D eigenvalue weighted by Gasteiger charge is 2.07. The van der Waals surface area contributed by atoms with E-state index in [0.717, 1.165) is 10.4 Å². The van der Waals surface area contributed by atoms with Crippen LogP contribution in [-0.2, 0) is 16.1 Å². The first kappa shape index (κ1) is 16.1. The number of hydrogen-bond donors (Lipinski definition) is 0. The van der Waals surface area contributed by atoms with E-state index in [1.54, 1.807) is 49.8 Å². The van der Waals surface area contributed by atoms with Crippen LogP contribution in [0.4, 0.5) is 0 Å². The summed E-state index contributed by atoms with van der Waals surface area (Å²) >= 11 is 1.62. The molecule has 2 aromatic rings. The minimum atomic E-state index is -0.393. The molecule has 0 unspecified atom stereocenters. The molecule has 116 valence electrons. The predicted octanol–water partition coefficient (Wildman–Crippen LogP) is 3.83. The van der Waals surface area contributed by atoms with Crippen LogP contribution < -0.4 is 9.47 Å². The number of rotatable bonds is 6. The van der Waals surface area contributed by atoms with Crippen molar-refractivity contribution in [2.45, 2.75) is 13.5 Å². The second-order valence-electron chi connectivity index (χ2n) is 4.57. The van der Waals surface area contributed by atoms with Gasteiger partial charge < -0.3 is 14.2 Å². The summed E-state index contributed by atoms with van der Waals surface area (Å²) in [5.74, 6) is 0.957. The summed E-state index contributed by atoms with van der Waals surface area (Å²) < 4.78 is 15.6. The van der Waals surface area contributed by atoms with Gasteiger partial charge in [-0.25, -0.2) is 4.79 Å². The van der Waals surface area contributed by atoms with Gasteiger partial charge in [-0.3, -0.25) is 0 Å². The molecule has 0 atom stereocenters. The number of hydrogen-bond acceptors (Lipinski definition) is 5. The normalized spacial score (nSPS) is 10.7. The molecule has 0 amide bonds. The van der Waals surface area contributed by atoms with Crippen LogP contribution in [0, 0.1) is 6.92 Å². The highest BCUT2D eigenvalue weighted by atomic mass is 32.1. The van der Waals surface area contributed by atoms with E-state index >= 15 is 0 Å². The molecule has 22 heavy (non-hydrogen) atoms. The van der Waals surface area contributed by atoms with Gasteiger partial charge in [0.2, 0.25) is 0 Å². The number of aryl methyl sites for hydroxylation is 1. The molecule has 0 N–H and O–H groups in total. The zero-order valence-electron chi connectivity index (χ0n) is 12.8. The molecule has 0 spiro atoms. The molecule has 0 aliphatic heterocycles. The summed E-state index contributed by atoms with van der Waals surface area (Å²) in [5, 5.41) is 0. The Hall–Kier alpha value is -2.27. The van der Waals surface area contributed by atoms with E-state index in [0.29, 0.717) is 11.5 Å². The molecule has 0 saturated heterocycles. The predicted molar refractivity (Wildman–Crippen MR) is 87.4 cm³/mol. The zero-order valence-corrected chi connectivity index (χ0v) is 13.6. The molecule has 4 nitrogen and oxygen atoms in total. The number of thiophene rings is 1. The number of carbonyl (C=O) groups is 1. The quantitative estimate of drug-likeness (QED) is 0.600. The van der Waals surface area contributed by atoms with Gasteiger partial charge >= 0.3 is 5.97 Å². The Morgan fingerprint density at radius 3 is 2.64 bits per heavy atom. The minimum Gasteiger partial charge on any atom is -0.497 e. The number of benzene rings is 1. The van der Waals surface area contributed by atoms with Gasteiger partial charge in [-0.1, -0.05) is 0 Å². The molecule has 0 aliphatic rings. The van der Waals surface area contributed by atoms with Crippen molar-refractivity contribution in [1.82, 2.24) is 0 Å². The molecule has 1 aromatic heterocycles. The summed E-state index contributed by atoms with van der Waals surface area (Å²) in [7, 11) is 3.16. The molecular formula is C17H18O4S. The monoisotopic (exact) mass is 318 g/mol. The first-order chi connectivity index (χ1) is 10.6. The average molecular weight is 318 g/mol. The van der Waals surface area contributed by atoms with Gasteiger partial charge in [0.25, 0.3) is 0 Å². The molecule has 1 aromatic carbocycles. The Kier molecular flexibility index (Phi) is 5.61. The van der Waals surface area contributed by atoms with Crippen LogP contribution in [0.3, 0.4) is 0 Å². The Morgan fingerprint density at radius 1 is 1.18 bits per heavy atom. The van der Waals surface area contributed by atoms with Gasteiger partial charge in [-0.2, -0.15) is 0 Å². The summed E-state index contributed by atoms with van der Waals surface area (Å²) in [5.41, 5.74) is 0.760. The topological polar surface area (TPSA) is 44.8 Å². The first-order valence-electron chi connectivity index (χ1n) is 6.74. The number of methoxy groups -OCH3 is 2. The lowest BCUT2D eigenvalue weighted by Crippen LogP contribution is -2.02. The average Bonchev–Trinajstić information content (AvgIpc) is 2.96. The van der Waals surface area contributed by atoms with Crippen molar-refractivity contribution in [2.75, 3.05) is 14.2 Å². The number of carbonyl (C=O) groups excluding carboxylic acids is 1. The van der Waals surface area contributed by atoms with Crippen molar-refractivity contribution in [3.63, 3.8) is 0 Å². The Bertz CT molecular complexity index is 673. The summed E-state index contributed by atoms with van der Waals surface area (Å²) in [6, 6.07) is 9.35. The fourth-order valence-corrected chi connectivity index (χ4v) is 2.66. The third-order valence-electron chi connectivity index (χ3n) is 3.00. The lowest BCUT2D eigenvalue weighted by atomic mass is 10.2. The maximum absolute atomic E-state index is 11.8. The second-order valence-corrected chi connectivity index (χ2v) is 5.89. The van der Waals surface area contributed by atoms with E-state index in [9.17, 15) is 4.79 Å². The van der Waals surface area contributed by atoms with E-state index in [1.165, 1.54) is 11.0 Å². The molecular weight excluding hydrogens is 300 g/mol. The molecule has 1 heterocycles. The standard InChI is InChI=1S/C17H18O4S/c1-12-4-6-15(22-12)7-9-17(18)21-11-13-10-14(19-2)5-8-16(13)20-3/h4-10H,11H2,1-3H3/b9-7+. The third-order valence-corrected chi connectivity index (χ3v) is 3.97. The molecule has 5 heteroatoms. The van der Waals surface area contributed by atoms with Gasteiger partial charge in [0, 0.05) is 21.4 Å². The van der Waals surface area contributed by atoms with E-state index in [4.69, 9.17) is 14.2 Å². The van der Waals surface area contributed by atoms with Gasteiger partial charge in [0.05, 0.1) is 14.2 Å². The maximum atomic E-state index is 11.8. The Morgan fingerprint density at radius 2 is 2.00 bits per heavy atom. The van der Waals surface area contributed by atoms with Crippen LogP contribution in [0.5, 0.6) is 11.5 Å². The van der Waals surface area contributed by atoms with Gasteiger partial charge in [-0.05, 0) is 43.3 Å². The highest BCUT2D eigenvalue weighted by molar-refractivity contribution is 7.12. The first-order valence-corrected chi connectivity index (χ1v) is 7.56. The summed E-state index contributed by atoms with van der Waals surface area (Å²) in [6.07, 6.45) is 3.18. The molecule has 0 fully saturated rings. The van der Waals surface area contributed by atoms with Crippen LogP contribution >= 0.6 is 11.3 Å². The van der Waals surface area contributed by atoms with Crippen molar-refractivity contribution in [3.05, 3.63) is 51.7 Å². The van der Waals surface area contributed by atoms with Crippen LogP contribution in [0.2, 0.25) is 0 Å². The van der Waals surface area contributed by atoms with Crippen molar-refractivity contribution in [3.8, 4) is 11.5 Å². The highest BCUT2D eigenvalue weighted by Crippen LogP contribution is 2.24. The molecule has 0 aliphatic carbocycles. The summed E-state index contributed by atoms with van der Waals surface area (Å²) in [4.78, 5) is 14.0. The second kappa shape index (κ2) is 7.66. The van der Waals surface area contributed by atoms with Gasteiger partial charge in [0.15, 0.2) is 0 Å². The van der Waals surface area contributed by atoms with E-state index < -0.39 is 5.97 Å². The third kappa shape index (κ3) is 4.36. The van der Waals surface area contributed by atoms with E-state index in [1.807, 2.05) is 19.1 Å². The maximum Gasteiger partial charge on any atom is 0.331 e. The zero-order chi connectivity index (χ0) is 15.9. The van der Waals surface area contributed by atoms with Gasteiger partial charge in [-0.15, -0.1) is 11.3 Å². The SMILES string of the molecule is COc1ccc(OC)c(COC(=O)/C=C/c2ccc(C)s2)c1. The fraction of sp³-hybridized carbons (Fsp3) is 0.235. The molecule has 0 radical (unpaired) electrons. The Labute approximate surface area is 133 Å². The summed E-state index contributed by atoms with van der Waals surface area (Å²) in [6.45, 7) is 2.16. The number of esters is 1. The van der Waals surface area contributed by atoms with Crippen molar-refractivity contribution >= 4 is 23.4 Å². The van der Waals surface area contributed by atoms with Crippen molar-refractivity contribution in [2.24, 2.45) is 0 Å². The molecule has 0 bridgehead atoms. The molecule has 0 saturated carbocycles. The van der Waals surface area contributed by atoms with Crippen LogP contribution in [0.15, 0.2) is 36.4 Å². The van der Waals surface area contributed by atoms with E-state index in [2.05, 4.69) is 0 Å². The minimum absolute atomic E-state index is 0.132. The smallest absolute Gasteiger partial charge is 0.331 e. The largest absolute Gasteiger partial charge is 0.497 e. The molecule has 2 rings (SSSR count). The van der Waals surface area contributed by atoms with Crippen molar-refractivity contribution < 1.29 is 19.0 Å².